The van der Waals surface area contributed by atoms with Crippen LogP contribution in [0.1, 0.15) is 42.5 Å². The third-order valence-corrected chi connectivity index (χ3v) is 5.71. The lowest BCUT2D eigenvalue weighted by atomic mass is 9.91. The van der Waals surface area contributed by atoms with Gasteiger partial charge in [0.2, 0.25) is 0 Å². The van der Waals surface area contributed by atoms with Gasteiger partial charge in [0.25, 0.3) is 0 Å². The van der Waals surface area contributed by atoms with Crippen molar-refractivity contribution in [3.63, 3.8) is 0 Å². The van der Waals surface area contributed by atoms with Crippen molar-refractivity contribution in [2.45, 2.75) is 25.8 Å². The van der Waals surface area contributed by atoms with E-state index in [0.717, 1.165) is 51.6 Å². The van der Waals surface area contributed by atoms with Crippen LogP contribution < -0.4 is 16.0 Å². The molecule has 0 bridgehead atoms. The highest BCUT2D eigenvalue weighted by molar-refractivity contribution is 6.32. The fraction of sp³-hybridized carbons (Fsp3) is 0.182. The van der Waals surface area contributed by atoms with Crippen molar-refractivity contribution in [3.05, 3.63) is 81.0 Å². The number of benzene rings is 2. The van der Waals surface area contributed by atoms with E-state index in [1.807, 2.05) is 30.5 Å². The first-order valence-corrected chi connectivity index (χ1v) is 9.71. The van der Waals surface area contributed by atoms with Gasteiger partial charge in [0.1, 0.15) is 17.6 Å². The average Bonchev–Trinajstić information content (AvgIpc) is 2.96. The highest BCUT2D eigenvalue weighted by Crippen LogP contribution is 2.40. The minimum Gasteiger partial charge on any atom is -0.506 e. The first-order chi connectivity index (χ1) is 13.7. The number of hydrogen-bond acceptors (Lipinski definition) is 4. The molecule has 0 fully saturated rings. The lowest BCUT2D eigenvalue weighted by Gasteiger charge is -2.14. The van der Waals surface area contributed by atoms with Crippen LogP contribution in [0.15, 0.2) is 58.8 Å². The number of aromatic nitrogens is 1. The molecule has 2 aliphatic rings. The summed E-state index contributed by atoms with van der Waals surface area (Å²) in [6, 6.07) is 13.3. The average molecular weight is 391 g/mol. The summed E-state index contributed by atoms with van der Waals surface area (Å²) in [6.45, 7) is 2.12. The maximum absolute atomic E-state index is 9.84. The molecule has 3 heterocycles. The molecule has 1 atom stereocenters. The molecule has 2 aromatic carbocycles. The molecule has 2 aliphatic heterocycles. The normalized spacial score (nSPS) is 17.4. The molecular formula is C22H19ClN4O. The second-order valence-corrected chi connectivity index (χ2v) is 7.46. The zero-order valence-corrected chi connectivity index (χ0v) is 16.1. The lowest BCUT2D eigenvalue weighted by molar-refractivity contribution is 0.475. The van der Waals surface area contributed by atoms with E-state index in [9.17, 15) is 5.11 Å². The molecule has 0 radical (unpaired) electrons. The topological polar surface area (TPSA) is 72.8 Å². The molecule has 0 saturated carbocycles. The van der Waals surface area contributed by atoms with Crippen LogP contribution in [0, 0.1) is 0 Å². The van der Waals surface area contributed by atoms with Crippen molar-refractivity contribution in [1.82, 2.24) is 4.98 Å². The molecule has 1 unspecified atom stereocenters. The third kappa shape index (κ3) is 2.62. The van der Waals surface area contributed by atoms with Crippen molar-refractivity contribution in [2.75, 3.05) is 5.43 Å². The maximum atomic E-state index is 9.84. The summed E-state index contributed by atoms with van der Waals surface area (Å²) in [5, 5.41) is 16.8. The quantitative estimate of drug-likeness (QED) is 0.621. The largest absolute Gasteiger partial charge is 0.506 e. The van der Waals surface area contributed by atoms with Crippen LogP contribution in [0.3, 0.4) is 0 Å². The van der Waals surface area contributed by atoms with Gasteiger partial charge in [-0.1, -0.05) is 42.8 Å². The molecule has 0 saturated heterocycles. The highest BCUT2D eigenvalue weighted by atomic mass is 35.5. The van der Waals surface area contributed by atoms with Gasteiger partial charge >= 0.3 is 0 Å². The van der Waals surface area contributed by atoms with Gasteiger partial charge in [-0.15, -0.1) is 0 Å². The van der Waals surface area contributed by atoms with Gasteiger partial charge in [-0.2, -0.15) is 5.10 Å². The van der Waals surface area contributed by atoms with Crippen LogP contribution in [0.5, 0.6) is 5.75 Å². The van der Waals surface area contributed by atoms with E-state index < -0.39 is 0 Å². The van der Waals surface area contributed by atoms with Gasteiger partial charge in [0, 0.05) is 34.7 Å². The molecule has 3 N–H and O–H groups in total. The molecule has 28 heavy (non-hydrogen) atoms. The Morgan fingerprint density at radius 1 is 1.21 bits per heavy atom. The molecular weight excluding hydrogens is 372 g/mol. The zero-order chi connectivity index (χ0) is 19.3. The smallest absolute Gasteiger partial charge is 0.134 e. The molecule has 140 valence electrons. The number of nitrogens with zero attached hydrogens (tertiary/aromatic N) is 2. The number of H-pyrrole nitrogens is 1. The molecule has 0 aliphatic carbocycles. The van der Waals surface area contributed by atoms with E-state index in [1.54, 1.807) is 12.1 Å². The number of nitrogens with one attached hydrogen (secondary N) is 2. The van der Waals surface area contributed by atoms with Crippen molar-refractivity contribution in [3.8, 4) is 5.75 Å². The summed E-state index contributed by atoms with van der Waals surface area (Å²) in [5.41, 5.74) is 8.65. The van der Waals surface area contributed by atoms with Gasteiger partial charge in [-0.05, 0) is 35.8 Å². The Hall–Kier alpha value is -3.05. The van der Waals surface area contributed by atoms with E-state index in [4.69, 9.17) is 16.6 Å². The number of phenols is 1. The van der Waals surface area contributed by atoms with E-state index in [1.165, 1.54) is 5.57 Å². The lowest BCUT2D eigenvalue weighted by Crippen LogP contribution is -2.27. The van der Waals surface area contributed by atoms with Gasteiger partial charge in [0.15, 0.2) is 0 Å². The van der Waals surface area contributed by atoms with Crippen LogP contribution in [0.4, 0.5) is 5.82 Å². The molecule has 5 rings (SSSR count). The minimum atomic E-state index is -0.235. The molecule has 0 amide bonds. The first-order valence-electron chi connectivity index (χ1n) is 9.33. The number of anilines is 1. The number of aromatic amines is 1. The number of hydrazone groups is 1. The van der Waals surface area contributed by atoms with E-state index in [-0.39, 0.29) is 11.8 Å². The molecule has 6 heteroatoms. The molecule has 3 aromatic rings. The fourth-order valence-corrected chi connectivity index (χ4v) is 4.15. The van der Waals surface area contributed by atoms with Gasteiger partial charge < -0.3 is 10.1 Å². The zero-order valence-electron chi connectivity index (χ0n) is 15.3. The van der Waals surface area contributed by atoms with E-state index >= 15 is 0 Å². The Morgan fingerprint density at radius 3 is 2.89 bits per heavy atom. The highest BCUT2D eigenvalue weighted by Gasteiger charge is 2.28. The monoisotopic (exact) mass is 390 g/mol. The minimum absolute atomic E-state index is 0.0715. The van der Waals surface area contributed by atoms with Crippen LogP contribution in [0.2, 0.25) is 5.02 Å². The van der Waals surface area contributed by atoms with Crippen LogP contribution in [-0.2, 0) is 0 Å². The molecule has 5 nitrogen and oxygen atoms in total. The number of aromatic hydroxyl groups is 1. The summed E-state index contributed by atoms with van der Waals surface area (Å²) in [5.74, 6) is 0.956. The predicted octanol–water partition coefficient (Wildman–Crippen LogP) is 3.88. The molecule has 1 aromatic heterocycles. The Bertz CT molecular complexity index is 1240. The molecule has 0 spiro atoms. The summed E-state index contributed by atoms with van der Waals surface area (Å²) < 4.78 is 0. The van der Waals surface area contributed by atoms with Gasteiger partial charge in [-0.3, -0.25) is 10.4 Å². The van der Waals surface area contributed by atoms with Crippen molar-refractivity contribution in [1.29, 1.82) is 0 Å². The fourth-order valence-electron chi connectivity index (χ4n) is 3.97. The summed E-state index contributed by atoms with van der Waals surface area (Å²) in [4.78, 5) is 8.43. The number of fused-ring (bicyclic) bond motifs is 1. The summed E-state index contributed by atoms with van der Waals surface area (Å²) >= 11 is 6.20. The number of hydrogen-bond donors (Lipinski definition) is 3. The maximum Gasteiger partial charge on any atom is 0.134 e. The van der Waals surface area contributed by atoms with Crippen LogP contribution in [0.25, 0.3) is 5.57 Å². The number of phenolic OH excluding ortho intramolecular Hbond substituents is 1. The van der Waals surface area contributed by atoms with Gasteiger partial charge in [-0.25, -0.2) is 0 Å². The summed E-state index contributed by atoms with van der Waals surface area (Å²) in [6.07, 6.45) is 3.65. The third-order valence-electron chi connectivity index (χ3n) is 5.41. The second kappa shape index (κ2) is 6.53. The van der Waals surface area contributed by atoms with E-state index in [2.05, 4.69) is 28.5 Å². The Kier molecular flexibility index (Phi) is 3.98. The van der Waals surface area contributed by atoms with Crippen molar-refractivity contribution >= 4 is 28.7 Å². The first kappa shape index (κ1) is 17.1. The number of rotatable bonds is 2. The predicted molar refractivity (Wildman–Crippen MR) is 111 cm³/mol. The number of halogens is 1. The Labute approximate surface area is 167 Å². The van der Waals surface area contributed by atoms with Crippen LogP contribution >= 0.6 is 11.6 Å². The standard InChI is InChI=1S/C22H19ClN4O/c1-2-13-10-15-14-5-3-4-6-18(14)25-21(12-7-8-19(28)17(23)9-12)16-11-24-22(20(15)16)27-26-13/h3-9,11,21,24,27-28H,2,10H2,1H3. The van der Waals surface area contributed by atoms with Crippen molar-refractivity contribution < 1.29 is 5.11 Å². The van der Waals surface area contributed by atoms with Gasteiger partial charge in [0.05, 0.1) is 10.4 Å². The Morgan fingerprint density at radius 2 is 2.07 bits per heavy atom. The van der Waals surface area contributed by atoms with Crippen LogP contribution in [-0.4, -0.2) is 15.8 Å². The van der Waals surface area contributed by atoms with Crippen molar-refractivity contribution in [2.24, 2.45) is 10.1 Å². The number of para-hydroxylation sites is 1. The Balaban J connectivity index is 1.83. The SMILES string of the molecule is CCC1=NNc2[nH]cc3c2C(=c2ccccc2=NC3c2ccc(O)c(Cl)c2)C1. The summed E-state index contributed by atoms with van der Waals surface area (Å²) in [7, 11) is 0. The second-order valence-electron chi connectivity index (χ2n) is 7.05. The van der Waals surface area contributed by atoms with E-state index in [0.29, 0.717) is 5.02 Å².